The monoisotopic (exact) mass is 306 g/mol. The molecule has 1 N–H and O–H groups in total. The van der Waals surface area contributed by atoms with E-state index in [0.717, 1.165) is 5.56 Å². The average Bonchev–Trinajstić information content (AvgIpc) is 2.84. The maximum absolute atomic E-state index is 10.9. The molecule has 0 saturated carbocycles. The molecule has 6 heteroatoms. The fourth-order valence-corrected chi connectivity index (χ4v) is 2.21. The second-order valence-electron chi connectivity index (χ2n) is 4.24. The Morgan fingerprint density at radius 3 is 2.65 bits per heavy atom. The van der Waals surface area contributed by atoms with E-state index in [1.54, 1.807) is 28.9 Å². The van der Waals surface area contributed by atoms with E-state index in [4.69, 9.17) is 28.3 Å². The smallest absolute Gasteiger partial charge is 0.335 e. The number of carboxylic acid groups (broad SMARTS) is 1. The Balaban J connectivity index is 2.12. The number of hydrogen-bond donors (Lipinski definition) is 1. The van der Waals surface area contributed by atoms with Gasteiger partial charge in [-0.05, 0) is 24.3 Å². The van der Waals surface area contributed by atoms with Gasteiger partial charge in [-0.1, -0.05) is 29.3 Å². The van der Waals surface area contributed by atoms with Crippen molar-refractivity contribution < 1.29 is 9.90 Å². The Labute approximate surface area is 124 Å². The Bertz CT molecular complexity index is 827. The molecule has 0 amide bonds. The zero-order valence-electron chi connectivity index (χ0n) is 10.0. The third-order valence-electron chi connectivity index (χ3n) is 2.92. The van der Waals surface area contributed by atoms with Gasteiger partial charge in [0.15, 0.2) is 0 Å². The Kier molecular flexibility index (Phi) is 3.12. The summed E-state index contributed by atoms with van der Waals surface area (Å²) in [5.41, 5.74) is 2.28. The normalized spacial score (nSPS) is 10.9. The zero-order valence-corrected chi connectivity index (χ0v) is 11.6. The van der Waals surface area contributed by atoms with Crippen molar-refractivity contribution in [1.82, 2.24) is 9.38 Å². The highest BCUT2D eigenvalue weighted by molar-refractivity contribution is 6.42. The number of benzene rings is 1. The number of rotatable bonds is 2. The van der Waals surface area contributed by atoms with E-state index in [0.29, 0.717) is 21.4 Å². The van der Waals surface area contributed by atoms with E-state index < -0.39 is 5.97 Å². The molecule has 0 unspecified atom stereocenters. The number of imidazole rings is 1. The number of aromatic nitrogens is 2. The first-order valence-electron chi connectivity index (χ1n) is 5.72. The summed E-state index contributed by atoms with van der Waals surface area (Å²) in [6.07, 6.45) is 3.47. The fraction of sp³-hybridized carbons (Fsp3) is 0. The number of pyridine rings is 1. The van der Waals surface area contributed by atoms with Gasteiger partial charge >= 0.3 is 5.97 Å². The van der Waals surface area contributed by atoms with Crippen molar-refractivity contribution in [2.75, 3.05) is 0 Å². The van der Waals surface area contributed by atoms with Gasteiger partial charge in [-0.2, -0.15) is 0 Å². The summed E-state index contributed by atoms with van der Waals surface area (Å²) in [4.78, 5) is 15.3. The topological polar surface area (TPSA) is 54.6 Å². The summed E-state index contributed by atoms with van der Waals surface area (Å²) < 4.78 is 1.75. The third kappa shape index (κ3) is 2.24. The van der Waals surface area contributed by atoms with Gasteiger partial charge < -0.3 is 9.51 Å². The molecule has 0 saturated heterocycles. The van der Waals surface area contributed by atoms with Gasteiger partial charge in [0, 0.05) is 18.0 Å². The molecule has 100 valence electrons. The van der Waals surface area contributed by atoms with Gasteiger partial charge in [-0.15, -0.1) is 0 Å². The van der Waals surface area contributed by atoms with Crippen LogP contribution < -0.4 is 0 Å². The Morgan fingerprint density at radius 1 is 1.15 bits per heavy atom. The van der Waals surface area contributed by atoms with Gasteiger partial charge in [-0.25, -0.2) is 9.78 Å². The number of fused-ring (bicyclic) bond motifs is 1. The lowest BCUT2D eigenvalue weighted by Gasteiger charge is -1.98. The van der Waals surface area contributed by atoms with Crippen LogP contribution in [0.2, 0.25) is 10.0 Å². The minimum atomic E-state index is -0.980. The van der Waals surface area contributed by atoms with Crippen LogP contribution in [-0.2, 0) is 0 Å². The van der Waals surface area contributed by atoms with Crippen LogP contribution in [0.4, 0.5) is 0 Å². The molecule has 20 heavy (non-hydrogen) atoms. The highest BCUT2D eigenvalue weighted by Crippen LogP contribution is 2.28. The standard InChI is InChI=1S/C14H8Cl2N2O2/c15-10-2-1-8(5-11(10)16)12-7-18-4-3-9(14(19)20)6-13(18)17-12/h1-7H,(H,19,20). The quantitative estimate of drug-likeness (QED) is 0.778. The molecule has 0 bridgehead atoms. The van der Waals surface area contributed by atoms with E-state index in [1.165, 1.54) is 12.1 Å². The van der Waals surface area contributed by atoms with E-state index in [-0.39, 0.29) is 5.56 Å². The van der Waals surface area contributed by atoms with Crippen LogP contribution in [0.15, 0.2) is 42.7 Å². The first-order chi connectivity index (χ1) is 9.54. The molecule has 2 aromatic heterocycles. The van der Waals surface area contributed by atoms with Crippen LogP contribution in [0.25, 0.3) is 16.9 Å². The van der Waals surface area contributed by atoms with Crippen molar-refractivity contribution in [1.29, 1.82) is 0 Å². The molecule has 3 aromatic rings. The summed E-state index contributed by atoms with van der Waals surface area (Å²) >= 11 is 11.9. The van der Waals surface area contributed by atoms with Crippen molar-refractivity contribution in [2.24, 2.45) is 0 Å². The summed E-state index contributed by atoms with van der Waals surface area (Å²) in [6, 6.07) is 8.28. The number of carbonyl (C=O) groups is 1. The average molecular weight is 307 g/mol. The molecule has 0 aliphatic carbocycles. The molecule has 0 atom stereocenters. The molecule has 0 radical (unpaired) electrons. The molecule has 3 rings (SSSR count). The molecule has 1 aromatic carbocycles. The van der Waals surface area contributed by atoms with Crippen LogP contribution in [0.5, 0.6) is 0 Å². The van der Waals surface area contributed by atoms with Gasteiger partial charge in [0.05, 0.1) is 21.3 Å². The van der Waals surface area contributed by atoms with Crippen LogP contribution in [-0.4, -0.2) is 20.5 Å². The first-order valence-corrected chi connectivity index (χ1v) is 6.47. The molecule has 4 nitrogen and oxygen atoms in total. The van der Waals surface area contributed by atoms with Crippen LogP contribution in [0.1, 0.15) is 10.4 Å². The van der Waals surface area contributed by atoms with Crippen molar-refractivity contribution in [2.45, 2.75) is 0 Å². The van der Waals surface area contributed by atoms with E-state index in [9.17, 15) is 4.79 Å². The lowest BCUT2D eigenvalue weighted by atomic mass is 10.2. The second-order valence-corrected chi connectivity index (χ2v) is 5.06. The predicted octanol–water partition coefficient (Wildman–Crippen LogP) is 4.01. The SMILES string of the molecule is O=C(O)c1ccn2cc(-c3ccc(Cl)c(Cl)c3)nc2c1. The number of halogens is 2. The van der Waals surface area contributed by atoms with Crippen molar-refractivity contribution in [3.05, 3.63) is 58.3 Å². The predicted molar refractivity (Wildman–Crippen MR) is 77.6 cm³/mol. The van der Waals surface area contributed by atoms with E-state index in [2.05, 4.69) is 4.98 Å². The molecular formula is C14H8Cl2N2O2. The number of nitrogens with zero attached hydrogens (tertiary/aromatic N) is 2. The first kappa shape index (κ1) is 13.0. The lowest BCUT2D eigenvalue weighted by Crippen LogP contribution is -1.96. The number of carboxylic acids is 1. The van der Waals surface area contributed by atoms with Crippen molar-refractivity contribution >= 4 is 34.8 Å². The molecule has 0 fully saturated rings. The second kappa shape index (κ2) is 4.81. The van der Waals surface area contributed by atoms with Crippen LogP contribution in [0, 0.1) is 0 Å². The third-order valence-corrected chi connectivity index (χ3v) is 3.66. The van der Waals surface area contributed by atoms with E-state index in [1.807, 2.05) is 6.07 Å². The zero-order chi connectivity index (χ0) is 14.3. The van der Waals surface area contributed by atoms with Crippen LogP contribution >= 0.6 is 23.2 Å². The summed E-state index contributed by atoms with van der Waals surface area (Å²) in [7, 11) is 0. The van der Waals surface area contributed by atoms with Crippen molar-refractivity contribution in [3.63, 3.8) is 0 Å². The van der Waals surface area contributed by atoms with Gasteiger partial charge in [-0.3, -0.25) is 0 Å². The molecule has 0 aliphatic heterocycles. The van der Waals surface area contributed by atoms with Gasteiger partial charge in [0.25, 0.3) is 0 Å². The minimum Gasteiger partial charge on any atom is -0.478 e. The van der Waals surface area contributed by atoms with Crippen molar-refractivity contribution in [3.8, 4) is 11.3 Å². The largest absolute Gasteiger partial charge is 0.478 e. The molecular weight excluding hydrogens is 299 g/mol. The number of aromatic carboxylic acids is 1. The molecule has 0 spiro atoms. The molecule has 2 heterocycles. The van der Waals surface area contributed by atoms with E-state index >= 15 is 0 Å². The summed E-state index contributed by atoms with van der Waals surface area (Å²) in [6.45, 7) is 0. The van der Waals surface area contributed by atoms with Crippen LogP contribution in [0.3, 0.4) is 0 Å². The number of hydrogen-bond acceptors (Lipinski definition) is 2. The fourth-order valence-electron chi connectivity index (χ4n) is 1.91. The highest BCUT2D eigenvalue weighted by Gasteiger charge is 2.09. The maximum Gasteiger partial charge on any atom is 0.335 e. The minimum absolute atomic E-state index is 0.198. The van der Waals surface area contributed by atoms with Gasteiger partial charge in [0.2, 0.25) is 0 Å². The molecule has 0 aliphatic rings. The summed E-state index contributed by atoms with van der Waals surface area (Å²) in [5.74, 6) is -0.980. The summed E-state index contributed by atoms with van der Waals surface area (Å²) in [5, 5.41) is 9.90. The maximum atomic E-state index is 10.9. The highest BCUT2D eigenvalue weighted by atomic mass is 35.5. The lowest BCUT2D eigenvalue weighted by molar-refractivity contribution is 0.0697. The Hall–Kier alpha value is -2.04. The Morgan fingerprint density at radius 2 is 1.95 bits per heavy atom. The van der Waals surface area contributed by atoms with Gasteiger partial charge in [0.1, 0.15) is 5.65 Å².